The molecule has 2 heterocycles. The number of benzene rings is 2. The molecular weight excluding hydrogens is 434 g/mol. The normalized spacial score (nSPS) is 16.5. The molecule has 4 rings (SSSR count). The fraction of sp³-hybridized carbons (Fsp3) is 0.391. The molecule has 31 heavy (non-hydrogen) atoms. The van der Waals surface area contributed by atoms with Gasteiger partial charge >= 0.3 is 0 Å². The summed E-state index contributed by atoms with van der Waals surface area (Å²) < 4.78 is 33.2. The van der Waals surface area contributed by atoms with Gasteiger partial charge < -0.3 is 4.52 Å². The summed E-state index contributed by atoms with van der Waals surface area (Å²) in [6.07, 6.45) is 1.27. The van der Waals surface area contributed by atoms with Crippen LogP contribution in [0.4, 0.5) is 0 Å². The predicted molar refractivity (Wildman–Crippen MR) is 121 cm³/mol. The zero-order valence-corrected chi connectivity index (χ0v) is 19.4. The van der Waals surface area contributed by atoms with Crippen LogP contribution in [0.5, 0.6) is 0 Å². The molecule has 1 saturated heterocycles. The summed E-state index contributed by atoms with van der Waals surface area (Å²) in [5, 5.41) is 4.68. The van der Waals surface area contributed by atoms with Crippen LogP contribution in [0.25, 0.3) is 11.4 Å². The molecule has 0 spiro atoms. The first-order valence-corrected chi connectivity index (χ1v) is 12.2. The SMILES string of the molecule is CC(C)(C)c1ccc(S(=O)(=O)N2CCC(c3nc(-c4cccc(Cl)c4)no3)CC2)cc1. The summed E-state index contributed by atoms with van der Waals surface area (Å²) in [7, 11) is -3.52. The molecule has 3 aromatic rings. The molecule has 0 atom stereocenters. The topological polar surface area (TPSA) is 76.3 Å². The standard InChI is InChI=1S/C23H26ClN3O3S/c1-23(2,3)18-7-9-20(10-8-18)31(28,29)27-13-11-16(12-14-27)22-25-21(26-30-22)17-5-4-6-19(24)15-17/h4-10,15-16H,11-14H2,1-3H3. The Hall–Kier alpha value is -2.22. The smallest absolute Gasteiger partial charge is 0.243 e. The van der Waals surface area contributed by atoms with Crippen molar-refractivity contribution in [2.75, 3.05) is 13.1 Å². The molecule has 1 fully saturated rings. The summed E-state index contributed by atoms with van der Waals surface area (Å²) in [5.41, 5.74) is 1.88. The van der Waals surface area contributed by atoms with Crippen molar-refractivity contribution in [3.05, 3.63) is 65.0 Å². The Bertz CT molecular complexity index is 1160. The number of hydrogen-bond donors (Lipinski definition) is 0. The van der Waals surface area contributed by atoms with E-state index in [2.05, 4.69) is 30.9 Å². The Kier molecular flexibility index (Phi) is 5.94. The number of piperidine rings is 1. The molecule has 6 nitrogen and oxygen atoms in total. The van der Waals surface area contributed by atoms with Gasteiger partial charge in [-0.3, -0.25) is 0 Å². The third-order valence-corrected chi connectivity index (χ3v) is 7.83. The van der Waals surface area contributed by atoms with E-state index >= 15 is 0 Å². The van der Waals surface area contributed by atoms with Crippen LogP contribution < -0.4 is 0 Å². The lowest BCUT2D eigenvalue weighted by Gasteiger charge is -2.29. The van der Waals surface area contributed by atoms with Gasteiger partial charge in [-0.05, 0) is 48.1 Å². The second-order valence-electron chi connectivity index (χ2n) is 8.92. The number of hydrogen-bond acceptors (Lipinski definition) is 5. The van der Waals surface area contributed by atoms with Gasteiger partial charge in [0.05, 0.1) is 4.90 Å². The van der Waals surface area contributed by atoms with Crippen LogP contribution in [0.3, 0.4) is 0 Å². The number of sulfonamides is 1. The van der Waals surface area contributed by atoms with E-state index in [1.165, 1.54) is 0 Å². The molecule has 0 aliphatic carbocycles. The van der Waals surface area contributed by atoms with Crippen molar-refractivity contribution >= 4 is 21.6 Å². The van der Waals surface area contributed by atoms with Crippen molar-refractivity contribution in [3.8, 4) is 11.4 Å². The van der Waals surface area contributed by atoms with E-state index in [9.17, 15) is 8.42 Å². The van der Waals surface area contributed by atoms with Gasteiger partial charge in [0.25, 0.3) is 0 Å². The Morgan fingerprint density at radius 3 is 2.35 bits per heavy atom. The zero-order valence-electron chi connectivity index (χ0n) is 17.9. The number of nitrogens with zero attached hydrogens (tertiary/aromatic N) is 3. The summed E-state index contributed by atoms with van der Waals surface area (Å²) in [4.78, 5) is 4.85. The second-order valence-corrected chi connectivity index (χ2v) is 11.3. The molecule has 0 N–H and O–H groups in total. The molecule has 1 aliphatic rings. The average Bonchev–Trinajstić information content (AvgIpc) is 3.24. The van der Waals surface area contributed by atoms with Crippen LogP contribution in [0, 0.1) is 0 Å². The van der Waals surface area contributed by atoms with Gasteiger partial charge in [-0.1, -0.05) is 61.8 Å². The largest absolute Gasteiger partial charge is 0.339 e. The van der Waals surface area contributed by atoms with Gasteiger partial charge in [0, 0.05) is 29.6 Å². The summed E-state index contributed by atoms with van der Waals surface area (Å²) in [6, 6.07) is 14.5. The Balaban J connectivity index is 1.44. The van der Waals surface area contributed by atoms with Crippen molar-refractivity contribution in [1.82, 2.24) is 14.4 Å². The van der Waals surface area contributed by atoms with E-state index < -0.39 is 10.0 Å². The minimum atomic E-state index is -3.52. The molecule has 8 heteroatoms. The highest BCUT2D eigenvalue weighted by molar-refractivity contribution is 7.89. The van der Waals surface area contributed by atoms with Gasteiger partial charge in [-0.25, -0.2) is 8.42 Å². The molecular formula is C23H26ClN3O3S. The lowest BCUT2D eigenvalue weighted by atomic mass is 9.87. The molecule has 0 saturated carbocycles. The Morgan fingerprint density at radius 1 is 1.06 bits per heavy atom. The quantitative estimate of drug-likeness (QED) is 0.532. The van der Waals surface area contributed by atoms with Gasteiger partial charge in [0.2, 0.25) is 21.7 Å². The third kappa shape index (κ3) is 4.68. The maximum absolute atomic E-state index is 13.1. The first kappa shape index (κ1) is 22.0. The highest BCUT2D eigenvalue weighted by Crippen LogP contribution is 2.32. The second kappa shape index (κ2) is 8.37. The highest BCUT2D eigenvalue weighted by Gasteiger charge is 2.32. The molecule has 0 radical (unpaired) electrons. The van der Waals surface area contributed by atoms with Crippen LogP contribution in [0.1, 0.15) is 51.0 Å². The predicted octanol–water partition coefficient (Wildman–Crippen LogP) is 5.26. The molecule has 2 aromatic carbocycles. The van der Waals surface area contributed by atoms with E-state index in [0.717, 1.165) is 11.1 Å². The van der Waals surface area contributed by atoms with E-state index in [0.29, 0.717) is 47.6 Å². The van der Waals surface area contributed by atoms with Crippen LogP contribution in [-0.4, -0.2) is 36.0 Å². The lowest BCUT2D eigenvalue weighted by Crippen LogP contribution is -2.38. The molecule has 1 aromatic heterocycles. The number of aromatic nitrogens is 2. The lowest BCUT2D eigenvalue weighted by molar-refractivity contribution is 0.271. The van der Waals surface area contributed by atoms with E-state index in [1.54, 1.807) is 28.6 Å². The summed E-state index contributed by atoms with van der Waals surface area (Å²) in [5.74, 6) is 1.07. The van der Waals surface area contributed by atoms with Crippen molar-refractivity contribution in [2.24, 2.45) is 0 Å². The van der Waals surface area contributed by atoms with Crippen molar-refractivity contribution in [2.45, 2.75) is 49.8 Å². The van der Waals surface area contributed by atoms with Crippen molar-refractivity contribution in [3.63, 3.8) is 0 Å². The van der Waals surface area contributed by atoms with Gasteiger partial charge in [0.1, 0.15) is 0 Å². The van der Waals surface area contributed by atoms with E-state index in [1.807, 2.05) is 24.3 Å². The van der Waals surface area contributed by atoms with Crippen LogP contribution >= 0.6 is 11.6 Å². The van der Waals surface area contributed by atoms with E-state index in [4.69, 9.17) is 16.1 Å². The summed E-state index contributed by atoms with van der Waals surface area (Å²) in [6.45, 7) is 7.16. The number of halogens is 1. The summed E-state index contributed by atoms with van der Waals surface area (Å²) >= 11 is 6.04. The fourth-order valence-electron chi connectivity index (χ4n) is 3.76. The maximum atomic E-state index is 13.1. The highest BCUT2D eigenvalue weighted by atomic mass is 35.5. The number of rotatable bonds is 4. The van der Waals surface area contributed by atoms with Crippen LogP contribution in [0.15, 0.2) is 57.9 Å². The van der Waals surface area contributed by atoms with E-state index in [-0.39, 0.29) is 11.3 Å². The van der Waals surface area contributed by atoms with Crippen molar-refractivity contribution in [1.29, 1.82) is 0 Å². The Labute approximate surface area is 188 Å². The Morgan fingerprint density at radius 2 is 1.74 bits per heavy atom. The molecule has 1 aliphatic heterocycles. The van der Waals surface area contributed by atoms with Gasteiger partial charge in [0.15, 0.2) is 0 Å². The first-order valence-electron chi connectivity index (χ1n) is 10.3. The van der Waals surface area contributed by atoms with Gasteiger partial charge in [-0.2, -0.15) is 9.29 Å². The van der Waals surface area contributed by atoms with Crippen LogP contribution in [0.2, 0.25) is 5.02 Å². The average molecular weight is 460 g/mol. The molecule has 164 valence electrons. The fourth-order valence-corrected chi connectivity index (χ4v) is 5.42. The third-order valence-electron chi connectivity index (χ3n) is 5.69. The van der Waals surface area contributed by atoms with Crippen LogP contribution in [-0.2, 0) is 15.4 Å². The zero-order chi connectivity index (χ0) is 22.2. The molecule has 0 bridgehead atoms. The maximum Gasteiger partial charge on any atom is 0.243 e. The monoisotopic (exact) mass is 459 g/mol. The molecule has 0 unspecified atom stereocenters. The van der Waals surface area contributed by atoms with Gasteiger partial charge in [-0.15, -0.1) is 0 Å². The minimum absolute atomic E-state index is 0.0192. The molecule has 0 amide bonds. The first-order chi connectivity index (χ1) is 14.6. The van der Waals surface area contributed by atoms with Crippen molar-refractivity contribution < 1.29 is 12.9 Å². The minimum Gasteiger partial charge on any atom is -0.339 e.